The maximum Gasteiger partial charge on any atom is 0.417 e. The van der Waals surface area contributed by atoms with Crippen LogP contribution in [0.4, 0.5) is 13.2 Å². The fourth-order valence-corrected chi connectivity index (χ4v) is 6.67. The van der Waals surface area contributed by atoms with Crippen LogP contribution >= 0.6 is 15.9 Å². The normalized spacial score (nSPS) is 14.9. The van der Waals surface area contributed by atoms with Crippen molar-refractivity contribution in [1.82, 2.24) is 33.8 Å². The standard InChI is InChI=1S/C34H27BrF3N7O2/c1-20-14-26-29(18-43(20)32(46)23-10-13-28(35)27(16-23)34(36,37)38)45-31(24(17-40-45)15-21-6-4-3-5-7-21)44(33(26)47)25-11-8-22(9-12-25)30-39-19-41-42(30)2/h3-13,16-17,19-20H,14-15,18H2,1-2H3/t20-/m0/s1. The molecule has 1 aliphatic rings. The van der Waals surface area contributed by atoms with Gasteiger partial charge >= 0.3 is 6.18 Å². The third kappa shape index (κ3) is 5.43. The summed E-state index contributed by atoms with van der Waals surface area (Å²) in [5.74, 6) is 0.120. The molecular formula is C34H27BrF3N7O2. The zero-order valence-corrected chi connectivity index (χ0v) is 26.8. The first kappa shape index (κ1) is 30.6. The highest BCUT2D eigenvalue weighted by Crippen LogP contribution is 2.36. The third-order valence-corrected chi connectivity index (χ3v) is 9.25. The number of amides is 1. The average Bonchev–Trinajstić information content (AvgIpc) is 3.67. The number of carbonyl (C=O) groups excluding carboxylic acids is 1. The first-order valence-corrected chi connectivity index (χ1v) is 15.6. The van der Waals surface area contributed by atoms with Gasteiger partial charge in [-0.1, -0.05) is 46.3 Å². The van der Waals surface area contributed by atoms with Crippen LogP contribution < -0.4 is 5.56 Å². The number of rotatable bonds is 5. The smallest absolute Gasteiger partial charge is 0.330 e. The molecule has 0 saturated heterocycles. The van der Waals surface area contributed by atoms with Crippen LogP contribution in [0.1, 0.15) is 45.2 Å². The van der Waals surface area contributed by atoms with Gasteiger partial charge in [-0.25, -0.2) is 14.2 Å². The van der Waals surface area contributed by atoms with Gasteiger partial charge in [-0.05, 0) is 61.4 Å². The number of aromatic nitrogens is 6. The Balaban J connectivity index is 1.36. The van der Waals surface area contributed by atoms with Gasteiger partial charge in [0.25, 0.3) is 11.5 Å². The number of fused-ring (bicyclic) bond motifs is 3. The Morgan fingerprint density at radius 2 is 1.77 bits per heavy atom. The highest BCUT2D eigenvalue weighted by molar-refractivity contribution is 9.10. The van der Waals surface area contributed by atoms with Crippen molar-refractivity contribution in [3.8, 4) is 17.1 Å². The van der Waals surface area contributed by atoms with Gasteiger partial charge in [-0.15, -0.1) is 0 Å². The van der Waals surface area contributed by atoms with E-state index in [2.05, 4.69) is 26.0 Å². The molecule has 0 saturated carbocycles. The second-order valence-corrected chi connectivity index (χ2v) is 12.4. The topological polar surface area (TPSA) is 90.3 Å². The number of halogens is 4. The van der Waals surface area contributed by atoms with Crippen molar-refractivity contribution in [2.75, 3.05) is 0 Å². The summed E-state index contributed by atoms with van der Waals surface area (Å²) in [6.45, 7) is 1.79. The Morgan fingerprint density at radius 3 is 2.45 bits per heavy atom. The van der Waals surface area contributed by atoms with E-state index in [-0.39, 0.29) is 28.6 Å². The van der Waals surface area contributed by atoms with Gasteiger partial charge in [0.05, 0.1) is 29.7 Å². The number of benzene rings is 3. The van der Waals surface area contributed by atoms with Crippen molar-refractivity contribution < 1.29 is 18.0 Å². The molecule has 1 amide bonds. The van der Waals surface area contributed by atoms with Crippen LogP contribution in [-0.2, 0) is 32.6 Å². The average molecular weight is 703 g/mol. The molecule has 0 fully saturated rings. The van der Waals surface area contributed by atoms with Gasteiger partial charge in [0.1, 0.15) is 12.0 Å². The quantitative estimate of drug-likeness (QED) is 0.212. The van der Waals surface area contributed by atoms with Crippen LogP contribution in [0.15, 0.2) is 94.6 Å². The molecule has 0 bridgehead atoms. The van der Waals surface area contributed by atoms with Crippen LogP contribution in [0.5, 0.6) is 0 Å². The molecule has 3 aromatic carbocycles. The van der Waals surface area contributed by atoms with Crippen LogP contribution in [0, 0.1) is 0 Å². The highest BCUT2D eigenvalue weighted by Gasteiger charge is 2.36. The summed E-state index contributed by atoms with van der Waals surface area (Å²) in [5, 5.41) is 8.86. The predicted molar refractivity (Wildman–Crippen MR) is 172 cm³/mol. The van der Waals surface area contributed by atoms with Gasteiger partial charge < -0.3 is 4.90 Å². The van der Waals surface area contributed by atoms with E-state index in [9.17, 15) is 22.8 Å². The lowest BCUT2D eigenvalue weighted by atomic mass is 9.97. The van der Waals surface area contributed by atoms with Crippen LogP contribution in [-0.4, -0.2) is 45.8 Å². The summed E-state index contributed by atoms with van der Waals surface area (Å²) >= 11 is 2.95. The molecule has 1 aliphatic heterocycles. The van der Waals surface area contributed by atoms with Crippen molar-refractivity contribution in [3.05, 3.63) is 134 Å². The minimum atomic E-state index is -4.64. The van der Waals surface area contributed by atoms with E-state index in [0.29, 0.717) is 34.8 Å². The number of hydrogen-bond acceptors (Lipinski definition) is 5. The number of carbonyl (C=O) groups is 1. The summed E-state index contributed by atoms with van der Waals surface area (Å²) in [5.41, 5.74) is 3.59. The van der Waals surface area contributed by atoms with Gasteiger partial charge in [0, 0.05) is 46.2 Å². The molecule has 6 aromatic rings. The van der Waals surface area contributed by atoms with Gasteiger partial charge in [0.15, 0.2) is 5.82 Å². The zero-order chi connectivity index (χ0) is 33.0. The van der Waals surface area contributed by atoms with Crippen molar-refractivity contribution in [3.63, 3.8) is 0 Å². The van der Waals surface area contributed by atoms with Crippen molar-refractivity contribution in [2.24, 2.45) is 7.05 Å². The summed E-state index contributed by atoms with van der Waals surface area (Å²) in [4.78, 5) is 34.0. The number of hydrogen-bond donors (Lipinski definition) is 0. The second-order valence-electron chi connectivity index (χ2n) is 11.6. The predicted octanol–water partition coefficient (Wildman–Crippen LogP) is 6.24. The zero-order valence-electron chi connectivity index (χ0n) is 25.2. The molecule has 0 unspecified atom stereocenters. The Morgan fingerprint density at radius 1 is 1.02 bits per heavy atom. The Bertz CT molecular complexity index is 2210. The van der Waals surface area contributed by atoms with Crippen LogP contribution in [0.3, 0.4) is 0 Å². The van der Waals surface area contributed by atoms with E-state index in [1.807, 2.05) is 54.6 Å². The summed E-state index contributed by atoms with van der Waals surface area (Å²) < 4.78 is 45.9. The van der Waals surface area contributed by atoms with Crippen molar-refractivity contribution >= 4 is 27.5 Å². The lowest BCUT2D eigenvalue weighted by molar-refractivity contribution is -0.138. The molecule has 0 N–H and O–H groups in total. The minimum Gasteiger partial charge on any atom is -0.330 e. The molecule has 47 heavy (non-hydrogen) atoms. The summed E-state index contributed by atoms with van der Waals surface area (Å²) in [6, 6.07) is 20.3. The van der Waals surface area contributed by atoms with Crippen molar-refractivity contribution in [1.29, 1.82) is 0 Å². The SMILES string of the molecule is C[C@H]1Cc2c(n3ncc(Cc4ccccc4)c3n(-c3ccc(-c4ncnn4C)cc3)c2=O)CN1C(=O)c1ccc(Br)c(C(F)(F)F)c1. The summed E-state index contributed by atoms with van der Waals surface area (Å²) in [6.07, 6.45) is -0.741. The van der Waals surface area contributed by atoms with Crippen molar-refractivity contribution in [2.45, 2.75) is 38.5 Å². The van der Waals surface area contributed by atoms with E-state index >= 15 is 0 Å². The molecule has 1 atom stereocenters. The number of nitrogens with zero attached hydrogens (tertiary/aromatic N) is 7. The highest BCUT2D eigenvalue weighted by atomic mass is 79.9. The number of aryl methyl sites for hydroxylation is 1. The fraction of sp³-hybridized carbons (Fsp3) is 0.206. The Labute approximate surface area is 275 Å². The molecule has 0 aliphatic carbocycles. The Kier molecular flexibility index (Phi) is 7.58. The lowest BCUT2D eigenvalue weighted by Gasteiger charge is -2.35. The molecule has 0 radical (unpaired) electrons. The largest absolute Gasteiger partial charge is 0.417 e. The lowest BCUT2D eigenvalue weighted by Crippen LogP contribution is -2.46. The second kappa shape index (κ2) is 11.6. The van der Waals surface area contributed by atoms with Crippen LogP contribution in [0.25, 0.3) is 22.7 Å². The van der Waals surface area contributed by atoms with E-state index in [4.69, 9.17) is 5.10 Å². The Hall–Kier alpha value is -5.04. The molecule has 7 rings (SSSR count). The maximum atomic E-state index is 14.4. The van der Waals surface area contributed by atoms with Gasteiger partial charge in [-0.3, -0.25) is 14.2 Å². The third-order valence-electron chi connectivity index (χ3n) is 8.56. The molecule has 4 heterocycles. The van der Waals surface area contributed by atoms with E-state index < -0.39 is 23.7 Å². The summed E-state index contributed by atoms with van der Waals surface area (Å²) in [7, 11) is 1.80. The molecule has 238 valence electrons. The van der Waals surface area contributed by atoms with Gasteiger partial charge in [-0.2, -0.15) is 23.4 Å². The molecule has 0 spiro atoms. The first-order chi connectivity index (χ1) is 22.5. The maximum absolute atomic E-state index is 14.4. The van der Waals surface area contributed by atoms with E-state index in [1.165, 1.54) is 23.4 Å². The minimum absolute atomic E-state index is 0.00309. The van der Waals surface area contributed by atoms with Gasteiger partial charge in [0.2, 0.25) is 0 Å². The first-order valence-electron chi connectivity index (χ1n) is 14.8. The van der Waals surface area contributed by atoms with E-state index in [1.54, 1.807) is 33.9 Å². The van der Waals surface area contributed by atoms with E-state index in [0.717, 1.165) is 22.8 Å². The molecule has 9 nitrogen and oxygen atoms in total. The molecular weight excluding hydrogens is 675 g/mol. The van der Waals surface area contributed by atoms with Crippen LogP contribution in [0.2, 0.25) is 0 Å². The fourth-order valence-electron chi connectivity index (χ4n) is 6.19. The molecule has 13 heteroatoms. The molecule has 3 aromatic heterocycles. The number of alkyl halides is 3. The monoisotopic (exact) mass is 701 g/mol.